The van der Waals surface area contributed by atoms with Crippen molar-refractivity contribution >= 4 is 11.8 Å². The van der Waals surface area contributed by atoms with E-state index in [1.165, 1.54) is 30.8 Å². The number of hydrogen-bond acceptors (Lipinski definition) is 2. The molecule has 0 saturated carbocycles. The van der Waals surface area contributed by atoms with Crippen LogP contribution in [0.2, 0.25) is 0 Å². The maximum Gasteiger partial charge on any atom is 0.0900 e. The van der Waals surface area contributed by atoms with Crippen LogP contribution < -0.4 is 0 Å². The zero-order valence-corrected chi connectivity index (χ0v) is 7.45. The van der Waals surface area contributed by atoms with Gasteiger partial charge in [-0.2, -0.15) is 11.8 Å². The normalized spacial score (nSPS) is 23.1. The summed E-state index contributed by atoms with van der Waals surface area (Å²) in [6.07, 6.45) is 4.72. The van der Waals surface area contributed by atoms with Gasteiger partial charge in [0.2, 0.25) is 0 Å². The molecule has 1 aliphatic rings. The van der Waals surface area contributed by atoms with Crippen molar-refractivity contribution in [2.45, 2.75) is 32.3 Å². The second-order valence-corrected chi connectivity index (χ2v) is 3.89. The van der Waals surface area contributed by atoms with Crippen molar-refractivity contribution in [2.24, 2.45) is 0 Å². The van der Waals surface area contributed by atoms with Gasteiger partial charge in [0.05, 0.1) is 12.7 Å². The molecule has 10 heavy (non-hydrogen) atoms. The van der Waals surface area contributed by atoms with Crippen molar-refractivity contribution in [1.82, 2.24) is 0 Å². The lowest BCUT2D eigenvalue weighted by atomic mass is 10.3. The molecule has 1 saturated heterocycles. The van der Waals surface area contributed by atoms with Crippen LogP contribution in [0.1, 0.15) is 26.2 Å². The Kier molecular flexibility index (Phi) is 4.23. The Morgan fingerprint density at radius 1 is 1.50 bits per heavy atom. The summed E-state index contributed by atoms with van der Waals surface area (Å²) < 4.78 is 5.09. The first kappa shape index (κ1) is 8.41. The lowest BCUT2D eigenvalue weighted by Gasteiger charge is -1.96. The van der Waals surface area contributed by atoms with Crippen LogP contribution in [-0.2, 0) is 4.74 Å². The maximum absolute atomic E-state index is 5.09. The van der Waals surface area contributed by atoms with E-state index in [1.807, 2.05) is 11.8 Å². The fourth-order valence-corrected chi connectivity index (χ4v) is 1.86. The van der Waals surface area contributed by atoms with Crippen molar-refractivity contribution in [1.29, 1.82) is 0 Å². The Hall–Kier alpha value is 0.310. The minimum Gasteiger partial charge on any atom is -0.372 e. The van der Waals surface area contributed by atoms with E-state index in [1.54, 1.807) is 0 Å². The molecule has 0 amide bonds. The van der Waals surface area contributed by atoms with Gasteiger partial charge in [-0.3, -0.25) is 0 Å². The summed E-state index contributed by atoms with van der Waals surface area (Å²) in [7, 11) is 0. The van der Waals surface area contributed by atoms with E-state index in [2.05, 4.69) is 6.92 Å². The average Bonchev–Trinajstić information content (AvgIpc) is 2.71. The van der Waals surface area contributed by atoms with Gasteiger partial charge >= 0.3 is 0 Å². The molecule has 0 unspecified atom stereocenters. The highest BCUT2D eigenvalue weighted by Crippen LogP contribution is 2.16. The van der Waals surface area contributed by atoms with Crippen LogP contribution in [0.4, 0.5) is 0 Å². The summed E-state index contributed by atoms with van der Waals surface area (Å²) in [5, 5.41) is 0. The first-order valence-electron chi connectivity index (χ1n) is 4.13. The Morgan fingerprint density at radius 2 is 2.30 bits per heavy atom. The molecule has 0 bridgehead atoms. The molecule has 0 aromatic rings. The fraction of sp³-hybridized carbons (Fsp3) is 1.00. The Labute approximate surface area is 67.5 Å². The average molecular weight is 160 g/mol. The van der Waals surface area contributed by atoms with Gasteiger partial charge in [-0.05, 0) is 12.2 Å². The highest BCUT2D eigenvalue weighted by Gasteiger charge is 2.21. The Balaban J connectivity index is 1.68. The number of rotatable bonds is 6. The highest BCUT2D eigenvalue weighted by atomic mass is 32.2. The Bertz CT molecular complexity index is 81.3. The molecule has 0 aliphatic carbocycles. The third-order valence-corrected chi connectivity index (χ3v) is 2.78. The first-order chi connectivity index (χ1) is 4.93. The van der Waals surface area contributed by atoms with Crippen molar-refractivity contribution in [2.75, 3.05) is 18.1 Å². The minimum absolute atomic E-state index is 0.617. The molecular formula is C8H16OS. The van der Waals surface area contributed by atoms with Crippen LogP contribution in [0.5, 0.6) is 0 Å². The van der Waals surface area contributed by atoms with E-state index in [4.69, 9.17) is 4.74 Å². The molecule has 0 aromatic heterocycles. The molecule has 1 nitrogen and oxygen atoms in total. The van der Waals surface area contributed by atoms with Crippen molar-refractivity contribution in [3.05, 3.63) is 0 Å². The van der Waals surface area contributed by atoms with Gasteiger partial charge in [-0.25, -0.2) is 0 Å². The molecule has 1 atom stereocenters. The summed E-state index contributed by atoms with van der Waals surface area (Å²) >= 11 is 2.04. The van der Waals surface area contributed by atoms with Crippen LogP contribution in [0.3, 0.4) is 0 Å². The van der Waals surface area contributed by atoms with E-state index in [0.717, 1.165) is 6.61 Å². The molecule has 1 fully saturated rings. The van der Waals surface area contributed by atoms with E-state index < -0.39 is 0 Å². The Morgan fingerprint density at radius 3 is 2.90 bits per heavy atom. The lowest BCUT2D eigenvalue weighted by Crippen LogP contribution is -1.90. The molecule has 0 radical (unpaired) electrons. The van der Waals surface area contributed by atoms with Gasteiger partial charge in [0.25, 0.3) is 0 Å². The molecule has 2 heteroatoms. The third-order valence-electron chi connectivity index (χ3n) is 1.60. The molecule has 1 rings (SSSR count). The molecular weight excluding hydrogens is 144 g/mol. The summed E-state index contributed by atoms with van der Waals surface area (Å²) in [4.78, 5) is 0. The summed E-state index contributed by atoms with van der Waals surface area (Å²) in [5.74, 6) is 2.55. The van der Waals surface area contributed by atoms with E-state index in [0.29, 0.717) is 6.10 Å². The van der Waals surface area contributed by atoms with Gasteiger partial charge < -0.3 is 4.74 Å². The number of epoxide rings is 1. The molecule has 60 valence electrons. The predicted octanol–water partition coefficient (Wildman–Crippen LogP) is 2.31. The second-order valence-electron chi connectivity index (χ2n) is 2.74. The maximum atomic E-state index is 5.09. The summed E-state index contributed by atoms with van der Waals surface area (Å²) in [6, 6.07) is 0. The monoisotopic (exact) mass is 160 g/mol. The SMILES string of the molecule is CCCCCSC[C@@H]1CO1. The zero-order valence-electron chi connectivity index (χ0n) is 6.64. The summed E-state index contributed by atoms with van der Waals surface area (Å²) in [5.41, 5.74) is 0. The van der Waals surface area contributed by atoms with Crippen LogP contribution in [0.15, 0.2) is 0 Å². The van der Waals surface area contributed by atoms with Gasteiger partial charge in [-0.15, -0.1) is 0 Å². The molecule has 1 heterocycles. The van der Waals surface area contributed by atoms with Crippen molar-refractivity contribution in [3.8, 4) is 0 Å². The number of unbranched alkanes of at least 4 members (excludes halogenated alkanes) is 2. The van der Waals surface area contributed by atoms with E-state index in [9.17, 15) is 0 Å². The first-order valence-corrected chi connectivity index (χ1v) is 5.28. The lowest BCUT2D eigenvalue weighted by molar-refractivity contribution is 0.426. The van der Waals surface area contributed by atoms with Crippen LogP contribution in [0.25, 0.3) is 0 Å². The van der Waals surface area contributed by atoms with Crippen molar-refractivity contribution < 1.29 is 4.74 Å². The van der Waals surface area contributed by atoms with Crippen LogP contribution in [-0.4, -0.2) is 24.2 Å². The third kappa shape index (κ3) is 4.18. The standard InChI is InChI=1S/C8H16OS/c1-2-3-4-5-10-7-8-6-9-8/h8H,2-7H2,1H3/t8-/m0/s1. The van der Waals surface area contributed by atoms with Gasteiger partial charge in [0.15, 0.2) is 0 Å². The number of ether oxygens (including phenoxy) is 1. The quantitative estimate of drug-likeness (QED) is 0.437. The predicted molar refractivity (Wildman–Crippen MR) is 46.6 cm³/mol. The van der Waals surface area contributed by atoms with Crippen LogP contribution >= 0.6 is 11.8 Å². The van der Waals surface area contributed by atoms with Gasteiger partial charge in [0, 0.05) is 5.75 Å². The number of hydrogen-bond donors (Lipinski definition) is 0. The fourth-order valence-electron chi connectivity index (χ4n) is 0.833. The largest absolute Gasteiger partial charge is 0.372 e. The highest BCUT2D eigenvalue weighted by molar-refractivity contribution is 7.99. The second kappa shape index (κ2) is 5.03. The molecule has 0 spiro atoms. The zero-order chi connectivity index (χ0) is 7.23. The topological polar surface area (TPSA) is 12.5 Å². The van der Waals surface area contributed by atoms with Crippen molar-refractivity contribution in [3.63, 3.8) is 0 Å². The molecule has 1 aliphatic heterocycles. The minimum atomic E-state index is 0.617. The van der Waals surface area contributed by atoms with E-state index in [-0.39, 0.29) is 0 Å². The smallest absolute Gasteiger partial charge is 0.0900 e. The summed E-state index contributed by atoms with van der Waals surface area (Å²) in [6.45, 7) is 3.26. The van der Waals surface area contributed by atoms with E-state index >= 15 is 0 Å². The van der Waals surface area contributed by atoms with Crippen LogP contribution in [0, 0.1) is 0 Å². The van der Waals surface area contributed by atoms with Gasteiger partial charge in [-0.1, -0.05) is 19.8 Å². The molecule has 0 aromatic carbocycles. The molecule has 0 N–H and O–H groups in total. The van der Waals surface area contributed by atoms with Gasteiger partial charge in [0.1, 0.15) is 0 Å². The number of thioether (sulfide) groups is 1.